The van der Waals surface area contributed by atoms with Gasteiger partial charge in [0.2, 0.25) is 0 Å². The van der Waals surface area contributed by atoms with E-state index in [2.05, 4.69) is 42.2 Å². The Morgan fingerprint density at radius 1 is 1.28 bits per heavy atom. The zero-order valence-corrected chi connectivity index (χ0v) is 19.2. The lowest BCUT2D eigenvalue weighted by Gasteiger charge is -2.37. The van der Waals surface area contributed by atoms with Gasteiger partial charge in [0.15, 0.2) is 0 Å². The molecule has 0 aliphatic carbocycles. The molecule has 7 heteroatoms. The first-order chi connectivity index (χ1) is 15.3. The van der Waals surface area contributed by atoms with E-state index in [0.717, 1.165) is 50.1 Å². The van der Waals surface area contributed by atoms with Gasteiger partial charge >= 0.3 is 6.03 Å². The molecule has 32 heavy (non-hydrogen) atoms. The van der Waals surface area contributed by atoms with Gasteiger partial charge in [-0.1, -0.05) is 12.1 Å². The Morgan fingerprint density at radius 3 is 2.78 bits per heavy atom. The molecular weight excluding hydrogens is 407 g/mol. The zero-order chi connectivity index (χ0) is 22.7. The van der Waals surface area contributed by atoms with Crippen molar-refractivity contribution in [3.8, 4) is 5.75 Å². The van der Waals surface area contributed by atoms with Gasteiger partial charge in [0, 0.05) is 12.6 Å². The molecule has 1 N–H and O–H groups in total. The minimum atomic E-state index is -0.371. The summed E-state index contributed by atoms with van der Waals surface area (Å²) >= 11 is 0. The van der Waals surface area contributed by atoms with Gasteiger partial charge in [-0.05, 0) is 89.0 Å². The summed E-state index contributed by atoms with van der Waals surface area (Å²) in [5.74, 6) is 0.565. The van der Waals surface area contributed by atoms with Crippen LogP contribution < -0.4 is 10.1 Å². The van der Waals surface area contributed by atoms with Gasteiger partial charge < -0.3 is 19.9 Å². The van der Waals surface area contributed by atoms with Crippen molar-refractivity contribution in [2.24, 2.45) is 0 Å². The third-order valence-electron chi connectivity index (χ3n) is 6.46. The van der Waals surface area contributed by atoms with E-state index in [1.165, 1.54) is 17.8 Å². The van der Waals surface area contributed by atoms with Crippen LogP contribution in [0.2, 0.25) is 0 Å². The monoisotopic (exact) mass is 440 g/mol. The number of ether oxygens (including phenoxy) is 1. The second-order valence-electron chi connectivity index (χ2n) is 9.59. The number of carbonyl (C=O) groups excluding carboxylic acids is 1. The molecule has 172 valence electrons. The Morgan fingerprint density at radius 2 is 2.06 bits per heavy atom. The number of aromatic nitrogens is 1. The van der Waals surface area contributed by atoms with E-state index in [0.29, 0.717) is 18.8 Å². The van der Waals surface area contributed by atoms with E-state index >= 15 is 0 Å². The number of fused-ring (bicyclic) bond motifs is 1. The van der Waals surface area contributed by atoms with Crippen molar-refractivity contribution in [3.63, 3.8) is 0 Å². The molecule has 2 aliphatic heterocycles. The van der Waals surface area contributed by atoms with Crippen molar-refractivity contribution in [2.75, 3.05) is 20.1 Å². The molecule has 0 atom stereocenters. The Labute approximate surface area is 189 Å². The van der Waals surface area contributed by atoms with Crippen molar-refractivity contribution >= 4 is 6.03 Å². The number of aryl methyl sites for hydroxylation is 1. The van der Waals surface area contributed by atoms with Gasteiger partial charge in [0.25, 0.3) is 0 Å². The molecule has 1 fully saturated rings. The molecule has 2 amide bonds. The molecule has 3 heterocycles. The van der Waals surface area contributed by atoms with Crippen molar-refractivity contribution in [1.29, 1.82) is 0 Å². The maximum Gasteiger partial charge on any atom is 0.318 e. The maximum absolute atomic E-state index is 13.3. The Kier molecular flexibility index (Phi) is 6.65. The molecule has 1 saturated heterocycles. The fraction of sp³-hybridized carbons (Fsp3) is 0.520. The minimum Gasteiger partial charge on any atom is -0.488 e. The summed E-state index contributed by atoms with van der Waals surface area (Å²) in [6, 6.07) is 9.22. The highest BCUT2D eigenvalue weighted by atomic mass is 19.1. The lowest BCUT2D eigenvalue weighted by molar-refractivity contribution is 0.0846. The summed E-state index contributed by atoms with van der Waals surface area (Å²) in [5.41, 5.74) is 2.81. The molecule has 2 aliphatic rings. The molecule has 0 bridgehead atoms. The third-order valence-corrected chi connectivity index (χ3v) is 6.46. The standard InChI is InChI=1S/C25H33FN4O2/c1-25(2)11-8-19-14-18(4-7-23(19)32-25)15-28-24(31)30(22-9-12-29(3)13-10-22)17-21-6-5-20(26)16-27-21/h4-7,14,16,22H,8-13,15,17H2,1-3H3,(H,28,31). The highest BCUT2D eigenvalue weighted by molar-refractivity contribution is 5.74. The highest BCUT2D eigenvalue weighted by Crippen LogP contribution is 2.33. The summed E-state index contributed by atoms with van der Waals surface area (Å²) in [5, 5.41) is 3.09. The number of halogens is 1. The summed E-state index contributed by atoms with van der Waals surface area (Å²) in [6.07, 6.45) is 4.98. The van der Waals surface area contributed by atoms with Crippen LogP contribution in [-0.4, -0.2) is 52.6 Å². The number of pyridine rings is 1. The van der Waals surface area contributed by atoms with Crippen LogP contribution in [0, 0.1) is 5.82 Å². The van der Waals surface area contributed by atoms with Crippen LogP contribution in [0.5, 0.6) is 5.75 Å². The number of piperidine rings is 1. The second kappa shape index (κ2) is 9.45. The number of carbonyl (C=O) groups is 1. The number of nitrogens with zero attached hydrogens (tertiary/aromatic N) is 3. The van der Waals surface area contributed by atoms with Crippen LogP contribution in [0.3, 0.4) is 0 Å². The summed E-state index contributed by atoms with van der Waals surface area (Å²) < 4.78 is 19.3. The van der Waals surface area contributed by atoms with E-state index in [-0.39, 0.29) is 23.5 Å². The number of rotatable bonds is 5. The fourth-order valence-electron chi connectivity index (χ4n) is 4.45. The van der Waals surface area contributed by atoms with Crippen molar-refractivity contribution in [1.82, 2.24) is 20.1 Å². The number of hydrogen-bond donors (Lipinski definition) is 1. The van der Waals surface area contributed by atoms with Gasteiger partial charge in [-0.2, -0.15) is 0 Å². The number of nitrogens with one attached hydrogen (secondary N) is 1. The molecule has 6 nitrogen and oxygen atoms in total. The van der Waals surface area contributed by atoms with Gasteiger partial charge in [0.1, 0.15) is 17.2 Å². The average molecular weight is 441 g/mol. The molecule has 0 unspecified atom stereocenters. The van der Waals surface area contributed by atoms with Crippen molar-refractivity contribution in [2.45, 2.75) is 64.3 Å². The second-order valence-corrected chi connectivity index (χ2v) is 9.59. The van der Waals surface area contributed by atoms with Crippen LogP contribution in [0.1, 0.15) is 49.9 Å². The minimum absolute atomic E-state index is 0.110. The Bertz CT molecular complexity index is 939. The molecule has 1 aromatic carbocycles. The van der Waals surface area contributed by atoms with Gasteiger partial charge in [-0.15, -0.1) is 0 Å². The van der Waals surface area contributed by atoms with Gasteiger partial charge in [0.05, 0.1) is 18.4 Å². The molecule has 4 rings (SSSR count). The van der Waals surface area contributed by atoms with Crippen LogP contribution in [0.4, 0.5) is 9.18 Å². The number of amides is 2. The molecule has 0 spiro atoms. The predicted molar refractivity (Wildman–Crippen MR) is 122 cm³/mol. The summed E-state index contributed by atoms with van der Waals surface area (Å²) in [4.78, 5) is 21.5. The van der Waals surface area contributed by atoms with Crippen LogP contribution >= 0.6 is 0 Å². The third kappa shape index (κ3) is 5.57. The first-order valence-electron chi connectivity index (χ1n) is 11.4. The fourth-order valence-corrected chi connectivity index (χ4v) is 4.45. The SMILES string of the molecule is CN1CCC(N(Cc2ccc(F)cn2)C(=O)NCc2ccc3c(c2)CCC(C)(C)O3)CC1. The van der Waals surface area contributed by atoms with Gasteiger partial charge in [-0.3, -0.25) is 4.98 Å². The maximum atomic E-state index is 13.3. The summed E-state index contributed by atoms with van der Waals surface area (Å²) in [6.45, 7) is 6.94. The van der Waals surface area contributed by atoms with Crippen LogP contribution in [0.25, 0.3) is 0 Å². The van der Waals surface area contributed by atoms with Crippen molar-refractivity contribution < 1.29 is 13.9 Å². The highest BCUT2D eigenvalue weighted by Gasteiger charge is 2.28. The van der Waals surface area contributed by atoms with Crippen molar-refractivity contribution in [3.05, 3.63) is 59.2 Å². The lowest BCUT2D eigenvalue weighted by Crippen LogP contribution is -2.49. The smallest absolute Gasteiger partial charge is 0.318 e. The van der Waals surface area contributed by atoms with E-state index in [4.69, 9.17) is 4.74 Å². The largest absolute Gasteiger partial charge is 0.488 e. The molecule has 0 radical (unpaired) electrons. The first-order valence-corrected chi connectivity index (χ1v) is 11.4. The number of urea groups is 1. The normalized spacial score (nSPS) is 18.5. The van der Waals surface area contributed by atoms with E-state index in [9.17, 15) is 9.18 Å². The lowest BCUT2D eigenvalue weighted by atomic mass is 9.93. The number of hydrogen-bond acceptors (Lipinski definition) is 4. The number of likely N-dealkylation sites (tertiary alicyclic amines) is 1. The summed E-state index contributed by atoms with van der Waals surface area (Å²) in [7, 11) is 2.10. The Balaban J connectivity index is 1.43. The quantitative estimate of drug-likeness (QED) is 0.760. The van der Waals surface area contributed by atoms with E-state index < -0.39 is 0 Å². The Hall–Kier alpha value is -2.67. The average Bonchev–Trinajstić information content (AvgIpc) is 2.77. The molecule has 0 saturated carbocycles. The zero-order valence-electron chi connectivity index (χ0n) is 19.2. The molecular formula is C25H33FN4O2. The van der Waals surface area contributed by atoms with E-state index in [1.54, 1.807) is 6.07 Å². The van der Waals surface area contributed by atoms with Crippen LogP contribution in [0.15, 0.2) is 36.5 Å². The first kappa shape index (κ1) is 22.5. The molecule has 2 aromatic rings. The van der Waals surface area contributed by atoms with Gasteiger partial charge in [-0.25, -0.2) is 9.18 Å². The predicted octanol–water partition coefficient (Wildman–Crippen LogP) is 4.13. The molecule has 1 aromatic heterocycles. The van der Waals surface area contributed by atoms with Crippen LogP contribution in [-0.2, 0) is 19.5 Å². The topological polar surface area (TPSA) is 57.7 Å². The number of benzene rings is 1. The van der Waals surface area contributed by atoms with E-state index in [1.807, 2.05) is 17.0 Å².